The largest absolute Gasteiger partial charge is 0.497 e. The predicted molar refractivity (Wildman–Crippen MR) is 72.0 cm³/mol. The Hall–Kier alpha value is -1.22. The molecule has 0 radical (unpaired) electrons. The number of hydrogen-bond acceptors (Lipinski definition) is 3. The Labute approximate surface area is 104 Å². The summed E-state index contributed by atoms with van der Waals surface area (Å²) in [5.74, 6) is 1.72. The smallest absolute Gasteiger partial charge is 0.119 e. The van der Waals surface area contributed by atoms with Crippen molar-refractivity contribution in [1.29, 1.82) is 0 Å². The number of hydrogen-bond donors (Lipinski definition) is 1. The Morgan fingerprint density at radius 1 is 1.47 bits per heavy atom. The topological polar surface area (TPSA) is 24.5 Å². The SMILES string of the molecule is CNCC1CCN(c2ccc(OC)cc2C)C1. The molecule has 94 valence electrons. The van der Waals surface area contributed by atoms with E-state index in [-0.39, 0.29) is 0 Å². The summed E-state index contributed by atoms with van der Waals surface area (Å²) in [5, 5.41) is 3.27. The van der Waals surface area contributed by atoms with Crippen molar-refractivity contribution >= 4 is 5.69 Å². The molecule has 1 aliphatic heterocycles. The molecular formula is C14H22N2O. The predicted octanol–water partition coefficient (Wildman–Crippen LogP) is 2.05. The van der Waals surface area contributed by atoms with Gasteiger partial charge in [-0.2, -0.15) is 0 Å². The first kappa shape index (κ1) is 12.2. The zero-order valence-corrected chi connectivity index (χ0v) is 11.0. The maximum absolute atomic E-state index is 5.24. The standard InChI is InChI=1S/C14H22N2O/c1-11-8-13(17-3)4-5-14(11)16-7-6-12(10-16)9-15-2/h4-5,8,12,15H,6-7,9-10H2,1-3H3. The van der Waals surface area contributed by atoms with Gasteiger partial charge in [0.2, 0.25) is 0 Å². The van der Waals surface area contributed by atoms with E-state index < -0.39 is 0 Å². The zero-order chi connectivity index (χ0) is 12.3. The van der Waals surface area contributed by atoms with Crippen LogP contribution < -0.4 is 15.0 Å². The maximum Gasteiger partial charge on any atom is 0.119 e. The van der Waals surface area contributed by atoms with E-state index in [9.17, 15) is 0 Å². The molecule has 1 aliphatic rings. The fraction of sp³-hybridized carbons (Fsp3) is 0.571. The minimum atomic E-state index is 0.779. The van der Waals surface area contributed by atoms with Gasteiger partial charge >= 0.3 is 0 Å². The van der Waals surface area contributed by atoms with Crippen LogP contribution in [0.25, 0.3) is 0 Å². The second-order valence-electron chi connectivity index (χ2n) is 4.81. The van der Waals surface area contributed by atoms with Crippen molar-refractivity contribution in [3.63, 3.8) is 0 Å². The fourth-order valence-corrected chi connectivity index (χ4v) is 2.62. The highest BCUT2D eigenvalue weighted by Crippen LogP contribution is 2.29. The van der Waals surface area contributed by atoms with Crippen LogP contribution in [-0.4, -0.2) is 33.8 Å². The lowest BCUT2D eigenvalue weighted by Crippen LogP contribution is -2.24. The van der Waals surface area contributed by atoms with Gasteiger partial charge in [-0.05, 0) is 56.6 Å². The second kappa shape index (κ2) is 5.41. The first-order valence-electron chi connectivity index (χ1n) is 6.28. The number of rotatable bonds is 4. The van der Waals surface area contributed by atoms with Gasteiger partial charge in [0.15, 0.2) is 0 Å². The molecule has 1 atom stereocenters. The highest BCUT2D eigenvalue weighted by molar-refractivity contribution is 5.56. The highest BCUT2D eigenvalue weighted by atomic mass is 16.5. The molecule has 3 nitrogen and oxygen atoms in total. The van der Waals surface area contributed by atoms with Gasteiger partial charge in [0.25, 0.3) is 0 Å². The lowest BCUT2D eigenvalue weighted by atomic mass is 10.1. The van der Waals surface area contributed by atoms with Crippen molar-refractivity contribution in [3.8, 4) is 5.75 Å². The van der Waals surface area contributed by atoms with Crippen LogP contribution in [0.3, 0.4) is 0 Å². The number of nitrogens with zero attached hydrogens (tertiary/aromatic N) is 1. The highest BCUT2D eigenvalue weighted by Gasteiger charge is 2.22. The third kappa shape index (κ3) is 2.72. The normalized spacial score (nSPS) is 19.7. The molecule has 0 aromatic heterocycles. The summed E-state index contributed by atoms with van der Waals surface area (Å²) in [6.07, 6.45) is 1.28. The van der Waals surface area contributed by atoms with Crippen molar-refractivity contribution in [1.82, 2.24) is 5.32 Å². The molecule has 0 saturated carbocycles. The number of methoxy groups -OCH3 is 1. The molecule has 3 heteroatoms. The van der Waals surface area contributed by atoms with E-state index in [1.54, 1.807) is 7.11 Å². The van der Waals surface area contributed by atoms with Gasteiger partial charge in [-0.25, -0.2) is 0 Å². The van der Waals surface area contributed by atoms with Crippen LogP contribution in [0.5, 0.6) is 5.75 Å². The van der Waals surface area contributed by atoms with Gasteiger partial charge in [0.05, 0.1) is 7.11 Å². The molecule has 1 saturated heterocycles. The summed E-state index contributed by atoms with van der Waals surface area (Å²) < 4.78 is 5.24. The Bertz CT molecular complexity index is 378. The van der Waals surface area contributed by atoms with Crippen LogP contribution in [-0.2, 0) is 0 Å². The summed E-state index contributed by atoms with van der Waals surface area (Å²) in [7, 11) is 3.74. The van der Waals surface area contributed by atoms with Gasteiger partial charge < -0.3 is 15.0 Å². The molecular weight excluding hydrogens is 212 g/mol. The molecule has 1 aromatic carbocycles. The van der Waals surface area contributed by atoms with Crippen molar-refractivity contribution in [2.24, 2.45) is 5.92 Å². The van der Waals surface area contributed by atoms with Crippen LogP contribution in [0.1, 0.15) is 12.0 Å². The van der Waals surface area contributed by atoms with Crippen molar-refractivity contribution in [3.05, 3.63) is 23.8 Å². The minimum Gasteiger partial charge on any atom is -0.497 e. The van der Waals surface area contributed by atoms with E-state index in [0.29, 0.717) is 0 Å². The monoisotopic (exact) mass is 234 g/mol. The van der Waals surface area contributed by atoms with Gasteiger partial charge in [-0.3, -0.25) is 0 Å². The summed E-state index contributed by atoms with van der Waals surface area (Å²) in [5.41, 5.74) is 2.65. The van der Waals surface area contributed by atoms with E-state index in [0.717, 1.165) is 24.8 Å². The van der Waals surface area contributed by atoms with Gasteiger partial charge in [-0.15, -0.1) is 0 Å². The van der Waals surface area contributed by atoms with Crippen molar-refractivity contribution < 1.29 is 4.74 Å². The molecule has 1 fully saturated rings. The molecule has 0 amide bonds. The molecule has 0 bridgehead atoms. The summed E-state index contributed by atoms with van der Waals surface area (Å²) >= 11 is 0. The zero-order valence-electron chi connectivity index (χ0n) is 11.0. The number of anilines is 1. The quantitative estimate of drug-likeness (QED) is 0.863. The second-order valence-corrected chi connectivity index (χ2v) is 4.81. The van der Waals surface area contributed by atoms with Crippen molar-refractivity contribution in [2.45, 2.75) is 13.3 Å². The first-order valence-corrected chi connectivity index (χ1v) is 6.28. The maximum atomic E-state index is 5.24. The molecule has 0 spiro atoms. The fourth-order valence-electron chi connectivity index (χ4n) is 2.62. The lowest BCUT2D eigenvalue weighted by molar-refractivity contribution is 0.414. The van der Waals surface area contributed by atoms with Crippen LogP contribution >= 0.6 is 0 Å². The van der Waals surface area contributed by atoms with Crippen LogP contribution in [0.15, 0.2) is 18.2 Å². The molecule has 1 unspecified atom stereocenters. The van der Waals surface area contributed by atoms with Crippen LogP contribution in [0.2, 0.25) is 0 Å². The minimum absolute atomic E-state index is 0.779. The summed E-state index contributed by atoms with van der Waals surface area (Å²) in [4.78, 5) is 2.48. The Balaban J connectivity index is 2.08. The van der Waals surface area contributed by atoms with Crippen LogP contribution in [0, 0.1) is 12.8 Å². The molecule has 1 N–H and O–H groups in total. The van der Waals surface area contributed by atoms with Crippen molar-refractivity contribution in [2.75, 3.05) is 38.7 Å². The van der Waals surface area contributed by atoms with Gasteiger partial charge in [0.1, 0.15) is 5.75 Å². The molecule has 2 rings (SSSR count). The Kier molecular flexibility index (Phi) is 3.89. The molecule has 0 aliphatic carbocycles. The number of nitrogens with one attached hydrogen (secondary N) is 1. The Morgan fingerprint density at radius 3 is 2.94 bits per heavy atom. The number of ether oxygens (including phenoxy) is 1. The third-order valence-electron chi connectivity index (χ3n) is 3.52. The summed E-state index contributed by atoms with van der Waals surface area (Å²) in [6.45, 7) is 5.60. The van der Waals surface area contributed by atoms with E-state index in [1.165, 1.54) is 24.2 Å². The third-order valence-corrected chi connectivity index (χ3v) is 3.52. The molecule has 17 heavy (non-hydrogen) atoms. The van der Waals surface area contributed by atoms with Gasteiger partial charge in [0, 0.05) is 18.8 Å². The van der Waals surface area contributed by atoms with E-state index >= 15 is 0 Å². The van der Waals surface area contributed by atoms with E-state index in [2.05, 4.69) is 29.3 Å². The van der Waals surface area contributed by atoms with E-state index in [4.69, 9.17) is 4.74 Å². The average molecular weight is 234 g/mol. The number of benzene rings is 1. The Morgan fingerprint density at radius 2 is 2.29 bits per heavy atom. The lowest BCUT2D eigenvalue weighted by Gasteiger charge is -2.21. The molecule has 1 heterocycles. The summed E-state index contributed by atoms with van der Waals surface area (Å²) in [6, 6.07) is 6.34. The molecule has 1 aromatic rings. The number of aryl methyl sites for hydroxylation is 1. The van der Waals surface area contributed by atoms with E-state index in [1.807, 2.05) is 13.1 Å². The van der Waals surface area contributed by atoms with Crippen LogP contribution in [0.4, 0.5) is 5.69 Å². The first-order chi connectivity index (χ1) is 8.24. The van der Waals surface area contributed by atoms with Gasteiger partial charge in [-0.1, -0.05) is 0 Å². The average Bonchev–Trinajstić information content (AvgIpc) is 2.78.